The molecule has 0 aromatic rings. The molecule has 5 atom stereocenters. The lowest BCUT2D eigenvalue weighted by molar-refractivity contribution is -0.149. The van der Waals surface area contributed by atoms with E-state index in [0.717, 1.165) is 0 Å². The second-order valence-electron chi connectivity index (χ2n) is 7.92. The normalized spacial score (nSPS) is 23.8. The number of hydrogen-bond acceptors (Lipinski definition) is 7. The molecule has 0 spiro atoms. The van der Waals surface area contributed by atoms with Crippen LogP contribution in [-0.4, -0.2) is 77.4 Å². The van der Waals surface area contributed by atoms with Gasteiger partial charge in [0, 0.05) is 12.1 Å². The number of aldehydes is 1. The molecule has 2 rings (SSSR count). The third kappa shape index (κ3) is 6.72. The maximum absolute atomic E-state index is 12.9. The molecule has 0 aromatic carbocycles. The monoisotopic (exact) mass is 464 g/mol. The number of carbonyl (C=O) groups excluding carboxylic acids is 5. The molecular weight excluding hydrogens is 436 g/mol. The lowest BCUT2D eigenvalue weighted by atomic mass is 9.86. The topological polar surface area (TPSA) is 185 Å². The van der Waals surface area contributed by atoms with Crippen molar-refractivity contribution in [3.63, 3.8) is 0 Å². The van der Waals surface area contributed by atoms with Crippen LogP contribution in [0.15, 0.2) is 23.8 Å². The number of likely N-dealkylation sites (tertiary alicyclic amines) is 1. The van der Waals surface area contributed by atoms with Crippen molar-refractivity contribution in [3.8, 4) is 0 Å². The maximum Gasteiger partial charge on any atom is 0.329 e. The fourth-order valence-electron chi connectivity index (χ4n) is 3.75. The molecule has 2 aliphatic rings. The lowest BCUT2D eigenvalue weighted by Gasteiger charge is -2.29. The van der Waals surface area contributed by atoms with E-state index >= 15 is 0 Å². The molecule has 1 heterocycles. The number of nitrogens with one attached hydrogen (secondary N) is 2. The summed E-state index contributed by atoms with van der Waals surface area (Å²) < 4.78 is 4.78. The summed E-state index contributed by atoms with van der Waals surface area (Å²) in [5, 5.41) is 13.5. The summed E-state index contributed by atoms with van der Waals surface area (Å²) in [5.74, 6) is -4.35. The standard InChI is InChI=1S/C21H28N4O8/c1-11-8-13(18(22)29)5-6-14(11)19(30)23-12(2)21(32)25-7-3-4-15(25)20(31)24-16(9-26)33-10-17(27)28/h5-6,8-9,11-12,14-16H,3-4,7,10H2,1-2H3,(H2,22,29)(H,23,30)(H,24,31)(H,27,28)/t11?,12-,14?,15?,16?/m0/s1. The Balaban J connectivity index is 1.97. The van der Waals surface area contributed by atoms with Gasteiger partial charge in [0.2, 0.25) is 23.6 Å². The molecule has 4 unspecified atom stereocenters. The average Bonchev–Trinajstić information content (AvgIpc) is 3.25. The van der Waals surface area contributed by atoms with Gasteiger partial charge in [0.1, 0.15) is 18.7 Å². The Morgan fingerprint density at radius 3 is 2.55 bits per heavy atom. The minimum Gasteiger partial charge on any atom is -0.480 e. The van der Waals surface area contributed by atoms with Crippen LogP contribution in [0.3, 0.4) is 0 Å². The molecule has 1 aliphatic heterocycles. The molecular formula is C21H28N4O8. The summed E-state index contributed by atoms with van der Waals surface area (Å²) in [6.45, 7) is 2.76. The number of amides is 4. The summed E-state index contributed by atoms with van der Waals surface area (Å²) in [6.07, 6.45) is 4.29. The molecule has 0 saturated carbocycles. The first kappa shape index (κ1) is 25.7. The van der Waals surface area contributed by atoms with Crippen LogP contribution in [0.5, 0.6) is 0 Å². The van der Waals surface area contributed by atoms with E-state index in [9.17, 15) is 28.8 Å². The molecule has 1 saturated heterocycles. The van der Waals surface area contributed by atoms with Gasteiger partial charge in [-0.25, -0.2) is 4.79 Å². The largest absolute Gasteiger partial charge is 0.480 e. The summed E-state index contributed by atoms with van der Waals surface area (Å²) in [6, 6.07) is -1.82. The predicted octanol–water partition coefficient (Wildman–Crippen LogP) is -1.54. The van der Waals surface area contributed by atoms with Crippen LogP contribution in [-0.2, 0) is 33.5 Å². The summed E-state index contributed by atoms with van der Waals surface area (Å²) in [4.78, 5) is 72.4. The maximum atomic E-state index is 12.9. The number of ether oxygens (including phenoxy) is 1. The van der Waals surface area contributed by atoms with Crippen LogP contribution in [0, 0.1) is 11.8 Å². The van der Waals surface area contributed by atoms with Gasteiger partial charge in [0.15, 0.2) is 12.5 Å². The number of carboxylic acid groups (broad SMARTS) is 1. The molecule has 33 heavy (non-hydrogen) atoms. The molecule has 12 nitrogen and oxygen atoms in total. The van der Waals surface area contributed by atoms with Crippen molar-refractivity contribution >= 4 is 35.9 Å². The van der Waals surface area contributed by atoms with Gasteiger partial charge in [-0.05, 0) is 25.7 Å². The zero-order valence-electron chi connectivity index (χ0n) is 18.4. The Morgan fingerprint density at radius 1 is 1.27 bits per heavy atom. The minimum atomic E-state index is -1.46. The highest BCUT2D eigenvalue weighted by atomic mass is 16.5. The Morgan fingerprint density at radius 2 is 1.97 bits per heavy atom. The van der Waals surface area contributed by atoms with E-state index in [2.05, 4.69) is 10.6 Å². The number of hydrogen-bond donors (Lipinski definition) is 4. The van der Waals surface area contributed by atoms with E-state index in [1.54, 1.807) is 19.1 Å². The predicted molar refractivity (Wildman–Crippen MR) is 113 cm³/mol. The Kier molecular flexibility index (Phi) is 8.85. The average molecular weight is 464 g/mol. The first-order chi connectivity index (χ1) is 15.5. The first-order valence-electron chi connectivity index (χ1n) is 10.4. The van der Waals surface area contributed by atoms with Gasteiger partial charge in [-0.2, -0.15) is 0 Å². The van der Waals surface area contributed by atoms with Crippen molar-refractivity contribution in [2.45, 2.75) is 45.0 Å². The fourth-order valence-corrected chi connectivity index (χ4v) is 3.75. The van der Waals surface area contributed by atoms with Crippen LogP contribution in [0.25, 0.3) is 0 Å². The molecule has 0 radical (unpaired) electrons. The Hall–Kier alpha value is -3.54. The molecule has 1 aliphatic carbocycles. The smallest absolute Gasteiger partial charge is 0.329 e. The number of primary amides is 1. The highest BCUT2D eigenvalue weighted by Crippen LogP contribution is 2.23. The first-order valence-corrected chi connectivity index (χ1v) is 10.4. The van der Waals surface area contributed by atoms with E-state index in [1.165, 1.54) is 17.9 Å². The lowest BCUT2D eigenvalue weighted by Crippen LogP contribution is -2.55. The highest BCUT2D eigenvalue weighted by Gasteiger charge is 2.38. The highest BCUT2D eigenvalue weighted by molar-refractivity contribution is 5.96. The van der Waals surface area contributed by atoms with Crippen LogP contribution in [0.1, 0.15) is 26.7 Å². The third-order valence-electron chi connectivity index (χ3n) is 5.44. The summed E-state index contributed by atoms with van der Waals surface area (Å²) in [7, 11) is 0. The van der Waals surface area contributed by atoms with Crippen LogP contribution in [0.2, 0.25) is 0 Å². The van der Waals surface area contributed by atoms with Gasteiger partial charge in [0.25, 0.3) is 0 Å². The number of aliphatic carboxylic acids is 1. The van der Waals surface area contributed by atoms with Crippen LogP contribution < -0.4 is 16.4 Å². The van der Waals surface area contributed by atoms with Crippen molar-refractivity contribution in [1.29, 1.82) is 0 Å². The molecule has 0 aromatic heterocycles. The number of nitrogens with two attached hydrogens (primary N) is 1. The van der Waals surface area contributed by atoms with Crippen molar-refractivity contribution in [1.82, 2.24) is 15.5 Å². The quantitative estimate of drug-likeness (QED) is 0.221. The molecule has 12 heteroatoms. The van der Waals surface area contributed by atoms with Crippen molar-refractivity contribution in [2.75, 3.05) is 13.2 Å². The molecule has 5 N–H and O–H groups in total. The zero-order chi connectivity index (χ0) is 24.7. The van der Waals surface area contributed by atoms with Gasteiger partial charge in [-0.15, -0.1) is 0 Å². The fraction of sp³-hybridized carbons (Fsp3) is 0.524. The van der Waals surface area contributed by atoms with Gasteiger partial charge >= 0.3 is 5.97 Å². The molecule has 180 valence electrons. The minimum absolute atomic E-state index is 0.252. The van der Waals surface area contributed by atoms with Crippen molar-refractivity contribution in [3.05, 3.63) is 23.8 Å². The van der Waals surface area contributed by atoms with Gasteiger partial charge < -0.3 is 31.1 Å². The van der Waals surface area contributed by atoms with E-state index in [1.807, 2.05) is 0 Å². The number of carboxylic acids is 1. The van der Waals surface area contributed by atoms with Crippen LogP contribution in [0.4, 0.5) is 0 Å². The van der Waals surface area contributed by atoms with Crippen molar-refractivity contribution in [2.24, 2.45) is 17.6 Å². The van der Waals surface area contributed by atoms with Gasteiger partial charge in [-0.3, -0.25) is 24.0 Å². The number of rotatable bonds is 10. The Labute approximate surface area is 190 Å². The molecule has 1 fully saturated rings. The Bertz CT molecular complexity index is 883. The third-order valence-corrected chi connectivity index (χ3v) is 5.44. The van der Waals surface area contributed by atoms with Crippen molar-refractivity contribution < 1.29 is 38.6 Å². The van der Waals surface area contributed by atoms with Crippen LogP contribution >= 0.6 is 0 Å². The number of nitrogens with zero attached hydrogens (tertiary/aromatic N) is 1. The SMILES string of the molecule is CC1C=C(C(N)=O)C=CC1C(=O)N[C@@H](C)C(=O)N1CCCC1C(=O)NC(C=O)OCC(=O)O. The summed E-state index contributed by atoms with van der Waals surface area (Å²) in [5.41, 5.74) is 5.56. The number of allylic oxidation sites excluding steroid dienone is 1. The van der Waals surface area contributed by atoms with Gasteiger partial charge in [0.05, 0.1) is 5.92 Å². The van der Waals surface area contributed by atoms with E-state index in [0.29, 0.717) is 18.4 Å². The van der Waals surface area contributed by atoms with E-state index in [-0.39, 0.29) is 18.7 Å². The number of carbonyl (C=O) groups is 6. The molecule has 0 bridgehead atoms. The van der Waals surface area contributed by atoms with E-state index in [4.69, 9.17) is 15.6 Å². The summed E-state index contributed by atoms with van der Waals surface area (Å²) >= 11 is 0. The second kappa shape index (κ2) is 11.4. The van der Waals surface area contributed by atoms with Gasteiger partial charge in [-0.1, -0.05) is 25.2 Å². The second-order valence-corrected chi connectivity index (χ2v) is 7.92. The van der Waals surface area contributed by atoms with E-state index < -0.39 is 60.4 Å². The zero-order valence-corrected chi connectivity index (χ0v) is 18.4. The molecule has 4 amide bonds.